The first-order chi connectivity index (χ1) is 16.6. The lowest BCUT2D eigenvalue weighted by molar-refractivity contribution is -0.142. The minimum atomic E-state index is -1.68. The van der Waals surface area contributed by atoms with Gasteiger partial charge in [-0.3, -0.25) is 33.6 Å². The molecule has 0 spiro atoms. The standard InChI is InChI=1S/C19H32N8O9/c20-8(1-4-12(21)28)16(32)25-9(2-5-13(22)29)17(33)27-11(7-15(24)31)18(34)26-10(19(35)36)3-6-14(23)30/h8-11H,1-7,20H2,(H2,21,28)(H2,22,29)(H2,23,30)(H2,24,31)(H,25,32)(H,26,34)(H,27,33)(H,35,36). The zero-order valence-corrected chi connectivity index (χ0v) is 19.4. The topological polar surface area (TPSA) is 323 Å². The molecule has 0 saturated carbocycles. The summed E-state index contributed by atoms with van der Waals surface area (Å²) >= 11 is 0. The fraction of sp³-hybridized carbons (Fsp3) is 0.579. The molecule has 0 heterocycles. The van der Waals surface area contributed by atoms with Gasteiger partial charge in [0, 0.05) is 19.3 Å². The molecular weight excluding hydrogens is 484 g/mol. The number of carbonyl (C=O) groups excluding carboxylic acids is 7. The second-order valence-corrected chi connectivity index (χ2v) is 7.81. The van der Waals surface area contributed by atoms with Gasteiger partial charge in [0.15, 0.2) is 0 Å². The Morgan fingerprint density at radius 3 is 1.39 bits per heavy atom. The summed E-state index contributed by atoms with van der Waals surface area (Å²) < 4.78 is 0. The van der Waals surface area contributed by atoms with E-state index in [0.29, 0.717) is 0 Å². The van der Waals surface area contributed by atoms with Crippen LogP contribution in [0.5, 0.6) is 0 Å². The molecule has 202 valence electrons. The summed E-state index contributed by atoms with van der Waals surface area (Å²) in [5, 5.41) is 15.7. The van der Waals surface area contributed by atoms with Crippen LogP contribution in [0.4, 0.5) is 0 Å². The highest BCUT2D eigenvalue weighted by Gasteiger charge is 2.31. The Morgan fingerprint density at radius 1 is 0.556 bits per heavy atom. The van der Waals surface area contributed by atoms with E-state index >= 15 is 0 Å². The monoisotopic (exact) mass is 516 g/mol. The summed E-state index contributed by atoms with van der Waals surface area (Å²) in [5.74, 6) is -7.94. The van der Waals surface area contributed by atoms with Crippen LogP contribution in [0, 0.1) is 0 Å². The summed E-state index contributed by atoms with van der Waals surface area (Å²) in [6.07, 6.45) is -2.54. The number of carboxylic acids is 1. The van der Waals surface area contributed by atoms with Gasteiger partial charge in [-0.1, -0.05) is 0 Å². The van der Waals surface area contributed by atoms with Crippen molar-refractivity contribution in [3.05, 3.63) is 0 Å². The maximum atomic E-state index is 12.8. The van der Waals surface area contributed by atoms with Crippen molar-refractivity contribution in [1.82, 2.24) is 16.0 Å². The van der Waals surface area contributed by atoms with Gasteiger partial charge in [-0.2, -0.15) is 0 Å². The second-order valence-electron chi connectivity index (χ2n) is 7.81. The summed E-state index contributed by atoms with van der Waals surface area (Å²) in [6, 6.07) is -5.96. The second kappa shape index (κ2) is 15.6. The zero-order chi connectivity index (χ0) is 28.0. The fourth-order valence-electron chi connectivity index (χ4n) is 2.76. The predicted octanol–water partition coefficient (Wildman–Crippen LogP) is -5.48. The van der Waals surface area contributed by atoms with E-state index in [1.165, 1.54) is 0 Å². The first kappa shape index (κ1) is 31.7. The predicted molar refractivity (Wildman–Crippen MR) is 120 cm³/mol. The van der Waals surface area contributed by atoms with Gasteiger partial charge in [0.05, 0.1) is 12.5 Å². The van der Waals surface area contributed by atoms with Crippen molar-refractivity contribution < 1.29 is 43.5 Å². The van der Waals surface area contributed by atoms with Crippen LogP contribution in [-0.2, 0) is 38.4 Å². The fourth-order valence-corrected chi connectivity index (χ4v) is 2.76. The van der Waals surface area contributed by atoms with Gasteiger partial charge in [0.1, 0.15) is 18.1 Å². The molecule has 0 bridgehead atoms. The normalized spacial score (nSPS) is 13.8. The molecule has 0 fully saturated rings. The summed E-state index contributed by atoms with van der Waals surface area (Å²) in [5.41, 5.74) is 25.8. The molecule has 0 aromatic rings. The Labute approximate surface area is 205 Å². The van der Waals surface area contributed by atoms with Crippen molar-refractivity contribution in [2.24, 2.45) is 28.7 Å². The highest BCUT2D eigenvalue weighted by Crippen LogP contribution is 2.04. The largest absolute Gasteiger partial charge is 0.480 e. The van der Waals surface area contributed by atoms with Gasteiger partial charge in [0.2, 0.25) is 41.4 Å². The van der Waals surface area contributed by atoms with Crippen molar-refractivity contribution in [3.8, 4) is 0 Å². The first-order valence-corrected chi connectivity index (χ1v) is 10.7. The lowest BCUT2D eigenvalue weighted by Crippen LogP contribution is -2.57. The SMILES string of the molecule is NC(=O)CCC(N)C(=O)NC(CCC(N)=O)C(=O)NC(CC(N)=O)C(=O)NC(CCC(N)=O)C(=O)O. The number of nitrogens with two attached hydrogens (primary N) is 5. The molecule has 0 aliphatic heterocycles. The van der Waals surface area contributed by atoms with Crippen molar-refractivity contribution >= 4 is 47.3 Å². The summed E-state index contributed by atoms with van der Waals surface area (Å²) in [4.78, 5) is 93.5. The lowest BCUT2D eigenvalue weighted by Gasteiger charge is -2.24. The maximum absolute atomic E-state index is 12.8. The van der Waals surface area contributed by atoms with Gasteiger partial charge in [-0.05, 0) is 19.3 Å². The van der Waals surface area contributed by atoms with Crippen LogP contribution in [0.3, 0.4) is 0 Å². The third kappa shape index (κ3) is 13.4. The summed E-state index contributed by atoms with van der Waals surface area (Å²) in [7, 11) is 0. The molecule has 0 aliphatic carbocycles. The molecule has 0 aromatic carbocycles. The number of hydrogen-bond donors (Lipinski definition) is 9. The molecule has 0 saturated heterocycles. The molecule has 0 aromatic heterocycles. The molecule has 7 amide bonds. The lowest BCUT2D eigenvalue weighted by atomic mass is 10.1. The number of hydrogen-bond acceptors (Lipinski definition) is 9. The highest BCUT2D eigenvalue weighted by molar-refractivity contribution is 5.96. The van der Waals surface area contributed by atoms with Gasteiger partial charge >= 0.3 is 5.97 Å². The van der Waals surface area contributed by atoms with E-state index in [1.807, 2.05) is 0 Å². The Bertz CT molecular complexity index is 879. The molecule has 4 atom stereocenters. The quantitative estimate of drug-likeness (QED) is 0.0831. The van der Waals surface area contributed by atoms with Crippen molar-refractivity contribution in [3.63, 3.8) is 0 Å². The van der Waals surface area contributed by atoms with E-state index < -0.39 is 77.9 Å². The van der Waals surface area contributed by atoms with Crippen LogP contribution < -0.4 is 44.6 Å². The minimum Gasteiger partial charge on any atom is -0.480 e. The highest BCUT2D eigenvalue weighted by atomic mass is 16.4. The smallest absolute Gasteiger partial charge is 0.326 e. The molecule has 36 heavy (non-hydrogen) atoms. The Balaban J connectivity index is 5.58. The van der Waals surface area contributed by atoms with Crippen molar-refractivity contribution in [2.75, 3.05) is 0 Å². The maximum Gasteiger partial charge on any atom is 0.326 e. The van der Waals surface area contributed by atoms with Crippen molar-refractivity contribution in [1.29, 1.82) is 0 Å². The van der Waals surface area contributed by atoms with Crippen LogP contribution in [-0.4, -0.2) is 76.6 Å². The van der Waals surface area contributed by atoms with E-state index in [2.05, 4.69) is 16.0 Å². The van der Waals surface area contributed by atoms with Gasteiger partial charge in [-0.25, -0.2) is 4.79 Å². The Morgan fingerprint density at radius 2 is 0.944 bits per heavy atom. The average Bonchev–Trinajstić information content (AvgIpc) is 2.75. The van der Waals surface area contributed by atoms with Gasteiger partial charge in [0.25, 0.3) is 0 Å². The molecule has 0 aliphatic rings. The first-order valence-electron chi connectivity index (χ1n) is 10.7. The third-order valence-electron chi connectivity index (χ3n) is 4.68. The molecule has 14 N–H and O–H groups in total. The van der Waals surface area contributed by atoms with E-state index in [-0.39, 0.29) is 38.5 Å². The number of amides is 7. The molecule has 17 heteroatoms. The van der Waals surface area contributed by atoms with Crippen LogP contribution in [0.25, 0.3) is 0 Å². The number of primary amides is 4. The molecule has 4 unspecified atom stereocenters. The minimum absolute atomic E-state index is 0.139. The van der Waals surface area contributed by atoms with Crippen LogP contribution in [0.2, 0.25) is 0 Å². The molecule has 0 rings (SSSR count). The van der Waals surface area contributed by atoms with E-state index in [4.69, 9.17) is 28.7 Å². The van der Waals surface area contributed by atoms with Gasteiger partial charge in [-0.15, -0.1) is 0 Å². The average molecular weight is 517 g/mol. The number of aliphatic carboxylic acids is 1. The number of nitrogens with one attached hydrogen (secondary N) is 3. The number of rotatable bonds is 18. The molecule has 17 nitrogen and oxygen atoms in total. The molecule has 0 radical (unpaired) electrons. The van der Waals surface area contributed by atoms with E-state index in [0.717, 1.165) is 0 Å². The molecular formula is C19H32N8O9. The van der Waals surface area contributed by atoms with Crippen LogP contribution >= 0.6 is 0 Å². The van der Waals surface area contributed by atoms with Crippen molar-refractivity contribution in [2.45, 2.75) is 69.1 Å². The van der Waals surface area contributed by atoms with E-state index in [1.54, 1.807) is 0 Å². The number of carboxylic acid groups (broad SMARTS) is 1. The Kier molecular flexibility index (Phi) is 13.7. The zero-order valence-electron chi connectivity index (χ0n) is 19.4. The van der Waals surface area contributed by atoms with Crippen LogP contribution in [0.1, 0.15) is 44.9 Å². The number of carbonyl (C=O) groups is 8. The van der Waals surface area contributed by atoms with Gasteiger partial charge < -0.3 is 49.7 Å². The third-order valence-corrected chi connectivity index (χ3v) is 4.68. The Hall–Kier alpha value is -4.28. The summed E-state index contributed by atoms with van der Waals surface area (Å²) in [6.45, 7) is 0. The van der Waals surface area contributed by atoms with E-state index in [9.17, 15) is 43.5 Å². The van der Waals surface area contributed by atoms with Crippen LogP contribution in [0.15, 0.2) is 0 Å².